The predicted molar refractivity (Wildman–Crippen MR) is 126 cm³/mol. The van der Waals surface area contributed by atoms with Gasteiger partial charge in [0.15, 0.2) is 0 Å². The summed E-state index contributed by atoms with van der Waals surface area (Å²) >= 11 is 0. The topological polar surface area (TPSA) is 71.7 Å². The van der Waals surface area contributed by atoms with E-state index in [1.807, 2.05) is 37.8 Å². The van der Waals surface area contributed by atoms with E-state index in [1.165, 1.54) is 5.57 Å². The van der Waals surface area contributed by atoms with Crippen molar-refractivity contribution in [2.24, 2.45) is 5.41 Å². The van der Waals surface area contributed by atoms with Crippen LogP contribution in [0.3, 0.4) is 0 Å². The summed E-state index contributed by atoms with van der Waals surface area (Å²) in [6.45, 7) is 12.0. The molecule has 2 unspecified atom stereocenters. The lowest BCUT2D eigenvalue weighted by atomic mass is 9.77. The van der Waals surface area contributed by atoms with Crippen molar-refractivity contribution in [3.8, 4) is 0 Å². The highest BCUT2D eigenvalue weighted by Gasteiger charge is 2.42. The van der Waals surface area contributed by atoms with E-state index in [0.29, 0.717) is 5.41 Å². The summed E-state index contributed by atoms with van der Waals surface area (Å²) in [4.78, 5) is 22.2. The first-order valence-electron chi connectivity index (χ1n) is 11.7. The van der Waals surface area contributed by atoms with Crippen LogP contribution in [0.25, 0.3) is 5.57 Å². The van der Waals surface area contributed by atoms with Crippen molar-refractivity contribution in [2.75, 3.05) is 23.7 Å². The molecule has 6 heteroatoms. The Bertz CT molecular complexity index is 857. The van der Waals surface area contributed by atoms with Crippen molar-refractivity contribution in [1.82, 2.24) is 9.88 Å². The van der Waals surface area contributed by atoms with Crippen LogP contribution in [0.5, 0.6) is 0 Å². The molecule has 2 atom stereocenters. The van der Waals surface area contributed by atoms with E-state index in [-0.39, 0.29) is 18.2 Å². The quantitative estimate of drug-likeness (QED) is 0.700. The van der Waals surface area contributed by atoms with Crippen molar-refractivity contribution in [3.05, 3.63) is 23.9 Å². The summed E-state index contributed by atoms with van der Waals surface area (Å²) in [6.07, 6.45) is 8.55. The maximum atomic E-state index is 12.9. The lowest BCUT2D eigenvalue weighted by Gasteiger charge is -2.50. The fourth-order valence-corrected chi connectivity index (χ4v) is 5.09. The van der Waals surface area contributed by atoms with Crippen LogP contribution in [0.1, 0.15) is 78.8 Å². The number of ether oxygens (including phenoxy) is 1. The number of nitrogens with two attached hydrogens (primary N) is 1. The van der Waals surface area contributed by atoms with Crippen molar-refractivity contribution in [1.29, 1.82) is 0 Å². The first-order chi connectivity index (χ1) is 14.5. The molecular formula is C25H38N4O2. The molecule has 3 heterocycles. The van der Waals surface area contributed by atoms with Gasteiger partial charge in [-0.05, 0) is 82.4 Å². The number of pyridine rings is 1. The van der Waals surface area contributed by atoms with Crippen molar-refractivity contribution >= 4 is 23.2 Å². The third-order valence-electron chi connectivity index (χ3n) is 6.84. The molecule has 6 nitrogen and oxygen atoms in total. The molecule has 0 spiro atoms. The molecule has 2 bridgehead atoms. The molecule has 31 heavy (non-hydrogen) atoms. The van der Waals surface area contributed by atoms with Crippen LogP contribution in [-0.4, -0.2) is 46.8 Å². The average molecular weight is 427 g/mol. The van der Waals surface area contributed by atoms with Crippen molar-refractivity contribution in [3.63, 3.8) is 0 Å². The van der Waals surface area contributed by atoms with Gasteiger partial charge >= 0.3 is 6.09 Å². The van der Waals surface area contributed by atoms with Crippen LogP contribution in [-0.2, 0) is 4.74 Å². The summed E-state index contributed by atoms with van der Waals surface area (Å²) in [6, 6.07) is 4.36. The first-order valence-corrected chi connectivity index (χ1v) is 11.7. The second kappa shape index (κ2) is 8.03. The fourth-order valence-electron chi connectivity index (χ4n) is 5.09. The molecule has 1 amide bonds. The van der Waals surface area contributed by atoms with Gasteiger partial charge in [0.1, 0.15) is 11.4 Å². The monoisotopic (exact) mass is 426 g/mol. The van der Waals surface area contributed by atoms with Gasteiger partial charge in [0.25, 0.3) is 0 Å². The van der Waals surface area contributed by atoms with Gasteiger partial charge in [0.05, 0.1) is 23.5 Å². The minimum absolute atomic E-state index is 0.167. The number of hydrogen-bond donors (Lipinski definition) is 1. The van der Waals surface area contributed by atoms with Gasteiger partial charge in [-0.25, -0.2) is 9.78 Å². The van der Waals surface area contributed by atoms with Gasteiger partial charge in [0.2, 0.25) is 0 Å². The number of allylic oxidation sites excluding steroid dienone is 2. The van der Waals surface area contributed by atoms with Gasteiger partial charge in [-0.3, -0.25) is 4.90 Å². The summed E-state index contributed by atoms with van der Waals surface area (Å²) in [5, 5.41) is 0. The zero-order valence-corrected chi connectivity index (χ0v) is 19.8. The van der Waals surface area contributed by atoms with E-state index in [9.17, 15) is 4.79 Å². The maximum absolute atomic E-state index is 12.9. The largest absolute Gasteiger partial charge is 0.444 e. The first kappa shape index (κ1) is 22.0. The van der Waals surface area contributed by atoms with E-state index in [2.05, 4.69) is 24.8 Å². The van der Waals surface area contributed by atoms with E-state index >= 15 is 0 Å². The summed E-state index contributed by atoms with van der Waals surface area (Å²) in [7, 11) is 0. The van der Waals surface area contributed by atoms with E-state index in [4.69, 9.17) is 15.5 Å². The molecule has 3 aliphatic rings. The minimum Gasteiger partial charge on any atom is -0.444 e. The summed E-state index contributed by atoms with van der Waals surface area (Å²) < 4.78 is 5.71. The number of piperidine rings is 1. The van der Waals surface area contributed by atoms with Crippen LogP contribution >= 0.6 is 0 Å². The number of fused-ring (bicyclic) bond motifs is 2. The molecule has 2 saturated heterocycles. The number of aromatic nitrogens is 1. The SMILES string of the molecule is CC1(C)CC=C(c2nc(N3CC4CCCC(C3)N4C(=O)OC(C)(C)C)ccc2N)CC1. The Kier molecular flexibility index (Phi) is 5.69. The van der Waals surface area contributed by atoms with Crippen LogP contribution in [0.2, 0.25) is 0 Å². The lowest BCUT2D eigenvalue weighted by molar-refractivity contribution is -0.00977. The molecular weight excluding hydrogens is 388 g/mol. The number of anilines is 2. The number of nitrogen functional groups attached to an aromatic ring is 1. The molecule has 2 fully saturated rings. The van der Waals surface area contributed by atoms with Gasteiger partial charge in [0, 0.05) is 13.1 Å². The minimum atomic E-state index is -0.474. The molecule has 1 aliphatic carbocycles. The number of hydrogen-bond acceptors (Lipinski definition) is 5. The van der Waals surface area contributed by atoms with Gasteiger partial charge in [-0.1, -0.05) is 19.9 Å². The third kappa shape index (κ3) is 4.83. The average Bonchev–Trinajstić information content (AvgIpc) is 2.66. The molecule has 0 radical (unpaired) electrons. The molecule has 170 valence electrons. The number of nitrogens with zero attached hydrogens (tertiary/aromatic N) is 3. The van der Waals surface area contributed by atoms with E-state index in [0.717, 1.165) is 68.8 Å². The lowest BCUT2D eigenvalue weighted by Crippen LogP contribution is -2.63. The number of carbonyl (C=O) groups is 1. The fraction of sp³-hybridized carbons (Fsp3) is 0.680. The van der Waals surface area contributed by atoms with Gasteiger partial charge in [-0.2, -0.15) is 0 Å². The van der Waals surface area contributed by atoms with E-state index < -0.39 is 5.60 Å². The van der Waals surface area contributed by atoms with Gasteiger partial charge < -0.3 is 15.4 Å². The standard InChI is InChI=1S/C25H38N4O2/c1-24(2,3)31-23(30)29-18-7-6-8-19(29)16-28(15-18)21-10-9-20(26)22(27-21)17-11-13-25(4,5)14-12-17/h9-11,18-19H,6-8,12-16,26H2,1-5H3. The molecule has 2 N–H and O–H groups in total. The number of amides is 1. The molecule has 4 rings (SSSR count). The summed E-state index contributed by atoms with van der Waals surface area (Å²) in [5.41, 5.74) is 9.18. The molecule has 1 aromatic rings. The Morgan fingerprint density at radius 1 is 1.19 bits per heavy atom. The zero-order chi connectivity index (χ0) is 22.4. The van der Waals surface area contributed by atoms with Crippen LogP contribution in [0.4, 0.5) is 16.3 Å². The Hall–Kier alpha value is -2.24. The normalized spacial score (nSPS) is 25.8. The molecule has 0 saturated carbocycles. The predicted octanol–water partition coefficient (Wildman–Crippen LogP) is 5.24. The molecule has 0 aromatic carbocycles. The molecule has 2 aliphatic heterocycles. The van der Waals surface area contributed by atoms with Crippen molar-refractivity contribution < 1.29 is 9.53 Å². The highest BCUT2D eigenvalue weighted by Crippen LogP contribution is 2.39. The Morgan fingerprint density at radius 3 is 2.45 bits per heavy atom. The zero-order valence-electron chi connectivity index (χ0n) is 19.8. The third-order valence-corrected chi connectivity index (χ3v) is 6.84. The Labute approximate surface area is 186 Å². The number of rotatable bonds is 2. The van der Waals surface area contributed by atoms with E-state index in [1.54, 1.807) is 0 Å². The summed E-state index contributed by atoms with van der Waals surface area (Å²) in [5.74, 6) is 0.968. The maximum Gasteiger partial charge on any atom is 0.410 e. The number of piperazine rings is 1. The highest BCUT2D eigenvalue weighted by atomic mass is 16.6. The second-order valence-electron chi connectivity index (χ2n) is 11.2. The Morgan fingerprint density at radius 2 is 1.87 bits per heavy atom. The van der Waals surface area contributed by atoms with Crippen LogP contribution in [0, 0.1) is 5.41 Å². The van der Waals surface area contributed by atoms with Crippen LogP contribution in [0.15, 0.2) is 18.2 Å². The highest BCUT2D eigenvalue weighted by molar-refractivity contribution is 5.74. The second-order valence-corrected chi connectivity index (χ2v) is 11.2. The molecule has 1 aromatic heterocycles. The van der Waals surface area contributed by atoms with Crippen molar-refractivity contribution in [2.45, 2.75) is 90.8 Å². The van der Waals surface area contributed by atoms with Crippen LogP contribution < -0.4 is 10.6 Å². The number of carbonyl (C=O) groups excluding carboxylic acids is 1. The van der Waals surface area contributed by atoms with Gasteiger partial charge in [-0.15, -0.1) is 0 Å². The Balaban J connectivity index is 1.54. The smallest absolute Gasteiger partial charge is 0.410 e.